The Kier molecular flexibility index (Phi) is 4.20. The summed E-state index contributed by atoms with van der Waals surface area (Å²) in [5.41, 5.74) is 1.53. The Labute approximate surface area is 122 Å². The minimum Gasteiger partial charge on any atom is -0.298 e. The van der Waals surface area contributed by atoms with E-state index in [1.54, 1.807) is 18.6 Å². The Bertz CT molecular complexity index is 604. The molecular formula is C16H17F2N3. The van der Waals surface area contributed by atoms with Crippen LogP contribution in [0.15, 0.2) is 36.8 Å². The number of benzene rings is 1. The van der Waals surface area contributed by atoms with Crippen molar-refractivity contribution in [3.8, 4) is 0 Å². The van der Waals surface area contributed by atoms with E-state index in [0.717, 1.165) is 37.7 Å². The van der Waals surface area contributed by atoms with Gasteiger partial charge < -0.3 is 0 Å². The van der Waals surface area contributed by atoms with Gasteiger partial charge in [-0.15, -0.1) is 0 Å². The average Bonchev–Trinajstić information content (AvgIpc) is 2.51. The van der Waals surface area contributed by atoms with Gasteiger partial charge in [-0.05, 0) is 25.5 Å². The molecule has 21 heavy (non-hydrogen) atoms. The number of aromatic nitrogens is 2. The predicted octanol–water partition coefficient (Wildman–Crippen LogP) is 3.13. The minimum absolute atomic E-state index is 0.330. The van der Waals surface area contributed by atoms with E-state index in [-0.39, 0.29) is 0 Å². The van der Waals surface area contributed by atoms with E-state index < -0.39 is 11.6 Å². The third-order valence-electron chi connectivity index (χ3n) is 3.92. The smallest absolute Gasteiger partial charge is 0.130 e. The molecule has 3 rings (SSSR count). The second-order valence-corrected chi connectivity index (χ2v) is 5.44. The van der Waals surface area contributed by atoms with E-state index in [0.29, 0.717) is 18.0 Å². The second-order valence-electron chi connectivity index (χ2n) is 5.44. The van der Waals surface area contributed by atoms with Crippen molar-refractivity contribution in [2.75, 3.05) is 13.1 Å². The van der Waals surface area contributed by atoms with Gasteiger partial charge in [-0.1, -0.05) is 6.07 Å². The van der Waals surface area contributed by atoms with Crippen molar-refractivity contribution in [3.05, 3.63) is 59.7 Å². The molecule has 1 aromatic heterocycles. The van der Waals surface area contributed by atoms with E-state index in [1.165, 1.54) is 12.1 Å². The Morgan fingerprint density at radius 1 is 1.24 bits per heavy atom. The zero-order valence-corrected chi connectivity index (χ0v) is 11.7. The molecule has 1 aliphatic heterocycles. The fourth-order valence-corrected chi connectivity index (χ4v) is 2.85. The number of halogens is 2. The fourth-order valence-electron chi connectivity index (χ4n) is 2.85. The summed E-state index contributed by atoms with van der Waals surface area (Å²) in [6, 6.07) is 3.78. The molecule has 1 aromatic carbocycles. The van der Waals surface area contributed by atoms with E-state index in [4.69, 9.17) is 0 Å². The topological polar surface area (TPSA) is 29.0 Å². The van der Waals surface area contributed by atoms with Crippen LogP contribution in [-0.2, 0) is 6.54 Å². The normalized spacial score (nSPS) is 19.6. The van der Waals surface area contributed by atoms with Crippen LogP contribution in [0, 0.1) is 11.6 Å². The van der Waals surface area contributed by atoms with Gasteiger partial charge in [0, 0.05) is 49.2 Å². The highest BCUT2D eigenvalue weighted by molar-refractivity contribution is 5.18. The molecule has 2 heterocycles. The van der Waals surface area contributed by atoms with Crippen molar-refractivity contribution in [1.82, 2.24) is 14.9 Å². The monoisotopic (exact) mass is 289 g/mol. The van der Waals surface area contributed by atoms with Crippen LogP contribution >= 0.6 is 0 Å². The third kappa shape index (κ3) is 3.42. The van der Waals surface area contributed by atoms with Gasteiger partial charge in [-0.3, -0.25) is 14.9 Å². The largest absolute Gasteiger partial charge is 0.298 e. The molecule has 0 saturated carbocycles. The Morgan fingerprint density at radius 3 is 2.90 bits per heavy atom. The molecule has 1 aliphatic rings. The van der Waals surface area contributed by atoms with Crippen LogP contribution in [0.5, 0.6) is 0 Å². The van der Waals surface area contributed by atoms with Crippen LogP contribution in [-0.4, -0.2) is 28.0 Å². The summed E-state index contributed by atoms with van der Waals surface area (Å²) in [5.74, 6) is -0.681. The molecule has 1 unspecified atom stereocenters. The SMILES string of the molecule is Fc1ccc(CN2CCCC(c3cnccn3)C2)c(F)c1. The minimum atomic E-state index is -0.535. The summed E-state index contributed by atoms with van der Waals surface area (Å²) in [6.45, 7) is 2.26. The predicted molar refractivity (Wildman–Crippen MR) is 75.6 cm³/mol. The van der Waals surface area contributed by atoms with Crippen molar-refractivity contribution >= 4 is 0 Å². The molecule has 5 heteroatoms. The molecule has 0 amide bonds. The maximum Gasteiger partial charge on any atom is 0.130 e. The van der Waals surface area contributed by atoms with Gasteiger partial charge in [-0.25, -0.2) is 8.78 Å². The molecule has 1 fully saturated rings. The number of nitrogens with zero attached hydrogens (tertiary/aromatic N) is 3. The van der Waals surface area contributed by atoms with Gasteiger partial charge in [0.2, 0.25) is 0 Å². The summed E-state index contributed by atoms with van der Waals surface area (Å²) < 4.78 is 26.7. The molecule has 2 aromatic rings. The number of piperidine rings is 1. The molecular weight excluding hydrogens is 272 g/mol. The number of rotatable bonds is 3. The number of hydrogen-bond donors (Lipinski definition) is 0. The van der Waals surface area contributed by atoms with Crippen LogP contribution in [0.4, 0.5) is 8.78 Å². The molecule has 0 N–H and O–H groups in total. The number of likely N-dealkylation sites (tertiary alicyclic amines) is 1. The summed E-state index contributed by atoms with van der Waals surface area (Å²) in [6.07, 6.45) is 7.28. The maximum absolute atomic E-state index is 13.7. The quantitative estimate of drug-likeness (QED) is 0.869. The Morgan fingerprint density at radius 2 is 2.14 bits per heavy atom. The van der Waals surface area contributed by atoms with E-state index >= 15 is 0 Å². The standard InChI is InChI=1S/C16H17F2N3/c17-14-4-3-12(15(18)8-14)10-21-7-1-2-13(11-21)16-9-19-5-6-20-16/h3-6,8-9,13H,1-2,7,10-11H2. The lowest BCUT2D eigenvalue weighted by atomic mass is 9.94. The summed E-state index contributed by atoms with van der Waals surface area (Å²) >= 11 is 0. The van der Waals surface area contributed by atoms with Gasteiger partial charge in [0.25, 0.3) is 0 Å². The zero-order valence-electron chi connectivity index (χ0n) is 11.7. The molecule has 0 bridgehead atoms. The summed E-state index contributed by atoms with van der Waals surface area (Å²) in [4.78, 5) is 10.7. The summed E-state index contributed by atoms with van der Waals surface area (Å²) in [5, 5.41) is 0. The van der Waals surface area contributed by atoms with Crippen LogP contribution in [0.2, 0.25) is 0 Å². The Balaban J connectivity index is 1.69. The fraction of sp³-hybridized carbons (Fsp3) is 0.375. The van der Waals surface area contributed by atoms with E-state index in [1.807, 2.05) is 0 Å². The highest BCUT2D eigenvalue weighted by Crippen LogP contribution is 2.26. The first-order valence-corrected chi connectivity index (χ1v) is 7.14. The molecule has 3 nitrogen and oxygen atoms in total. The zero-order chi connectivity index (χ0) is 14.7. The van der Waals surface area contributed by atoms with Crippen molar-refractivity contribution < 1.29 is 8.78 Å². The van der Waals surface area contributed by atoms with Gasteiger partial charge in [0.1, 0.15) is 11.6 Å². The molecule has 0 spiro atoms. The van der Waals surface area contributed by atoms with Gasteiger partial charge in [-0.2, -0.15) is 0 Å². The first kappa shape index (κ1) is 14.1. The molecule has 0 radical (unpaired) electrons. The van der Waals surface area contributed by atoms with E-state index in [2.05, 4.69) is 14.9 Å². The molecule has 110 valence electrons. The number of hydrogen-bond acceptors (Lipinski definition) is 3. The molecule has 1 saturated heterocycles. The van der Waals surface area contributed by atoms with Crippen LogP contribution in [0.25, 0.3) is 0 Å². The van der Waals surface area contributed by atoms with Gasteiger partial charge >= 0.3 is 0 Å². The Hall–Kier alpha value is -1.88. The van der Waals surface area contributed by atoms with Gasteiger partial charge in [0.15, 0.2) is 0 Å². The first-order valence-electron chi connectivity index (χ1n) is 7.14. The van der Waals surface area contributed by atoms with Crippen LogP contribution in [0.1, 0.15) is 30.0 Å². The maximum atomic E-state index is 13.7. The van der Waals surface area contributed by atoms with Crippen molar-refractivity contribution in [1.29, 1.82) is 0 Å². The average molecular weight is 289 g/mol. The molecule has 1 atom stereocenters. The second kappa shape index (κ2) is 6.26. The first-order chi connectivity index (χ1) is 10.2. The highest BCUT2D eigenvalue weighted by Gasteiger charge is 2.23. The molecule has 0 aliphatic carbocycles. The van der Waals surface area contributed by atoms with E-state index in [9.17, 15) is 8.78 Å². The third-order valence-corrected chi connectivity index (χ3v) is 3.92. The lowest BCUT2D eigenvalue weighted by molar-refractivity contribution is 0.196. The summed E-state index contributed by atoms with van der Waals surface area (Å²) in [7, 11) is 0. The van der Waals surface area contributed by atoms with Crippen molar-refractivity contribution in [2.45, 2.75) is 25.3 Å². The van der Waals surface area contributed by atoms with Crippen molar-refractivity contribution in [2.24, 2.45) is 0 Å². The van der Waals surface area contributed by atoms with Crippen LogP contribution in [0.3, 0.4) is 0 Å². The lowest BCUT2D eigenvalue weighted by Gasteiger charge is -2.32. The van der Waals surface area contributed by atoms with Crippen molar-refractivity contribution in [3.63, 3.8) is 0 Å². The highest BCUT2D eigenvalue weighted by atomic mass is 19.1. The van der Waals surface area contributed by atoms with Gasteiger partial charge in [0.05, 0.1) is 5.69 Å². The van der Waals surface area contributed by atoms with Crippen LogP contribution < -0.4 is 0 Å². The lowest BCUT2D eigenvalue weighted by Crippen LogP contribution is -2.34.